The number of halogens is 1. The molecule has 4 rings (SSSR count). The van der Waals surface area contributed by atoms with Crippen molar-refractivity contribution in [2.24, 2.45) is 11.5 Å². The lowest BCUT2D eigenvalue weighted by atomic mass is 10.1. The third-order valence-corrected chi connectivity index (χ3v) is 5.27. The van der Waals surface area contributed by atoms with Gasteiger partial charge in [0.25, 0.3) is 5.88 Å². The smallest absolute Gasteiger partial charge is 0.260 e. The van der Waals surface area contributed by atoms with E-state index in [1.54, 1.807) is 0 Å². The molecule has 0 aliphatic heterocycles. The first-order chi connectivity index (χ1) is 16.1. The Balaban J connectivity index is 1.72. The fourth-order valence-electron chi connectivity index (χ4n) is 3.33. The van der Waals surface area contributed by atoms with Crippen LogP contribution >= 0.6 is 11.6 Å². The van der Waals surface area contributed by atoms with Gasteiger partial charge in [-0.2, -0.15) is 10.3 Å². The third-order valence-electron chi connectivity index (χ3n) is 5.03. The standard InChI is InChI=1S/C23H25ClN6O3/c1-2-31-13-33-23-21(28-30-29-23)19(25)20(26)22(32-12-14-6-4-3-5-7-14)17-11-27-18-9-8-15(24)10-16(17)18/h3-11,19,27H,2,12-13,25-26H2,1H3,(H,28,29,30). The number of fused-ring (bicyclic) bond motifs is 1. The van der Waals surface area contributed by atoms with Crippen LogP contribution in [0.3, 0.4) is 0 Å². The number of rotatable bonds is 10. The molecule has 1 atom stereocenters. The molecule has 0 bridgehead atoms. The molecule has 2 heterocycles. The number of benzene rings is 2. The number of aromatic amines is 2. The van der Waals surface area contributed by atoms with Crippen LogP contribution in [0.1, 0.15) is 29.8 Å². The van der Waals surface area contributed by atoms with Gasteiger partial charge < -0.3 is 30.7 Å². The summed E-state index contributed by atoms with van der Waals surface area (Å²) in [5.41, 5.74) is 16.3. The van der Waals surface area contributed by atoms with Gasteiger partial charge in [-0.1, -0.05) is 41.9 Å². The highest BCUT2D eigenvalue weighted by Gasteiger charge is 2.25. The molecular weight excluding hydrogens is 444 g/mol. The minimum atomic E-state index is -0.852. The molecule has 2 aromatic heterocycles. The highest BCUT2D eigenvalue weighted by atomic mass is 35.5. The second-order valence-corrected chi connectivity index (χ2v) is 7.63. The van der Waals surface area contributed by atoms with Crippen LogP contribution < -0.4 is 16.2 Å². The molecule has 0 aliphatic carbocycles. The van der Waals surface area contributed by atoms with E-state index in [4.69, 9.17) is 37.3 Å². The second kappa shape index (κ2) is 10.4. The summed E-state index contributed by atoms with van der Waals surface area (Å²) >= 11 is 6.25. The van der Waals surface area contributed by atoms with Crippen LogP contribution in [0.15, 0.2) is 60.4 Å². The van der Waals surface area contributed by atoms with Crippen LogP contribution in [-0.4, -0.2) is 33.8 Å². The fourth-order valence-corrected chi connectivity index (χ4v) is 3.51. The predicted octanol–water partition coefficient (Wildman–Crippen LogP) is 3.86. The number of ether oxygens (including phenoxy) is 3. The molecule has 0 fully saturated rings. The number of H-pyrrole nitrogens is 2. The first-order valence-electron chi connectivity index (χ1n) is 10.4. The van der Waals surface area contributed by atoms with Gasteiger partial charge in [-0.25, -0.2) is 0 Å². The van der Waals surface area contributed by atoms with Crippen molar-refractivity contribution in [1.82, 2.24) is 20.4 Å². The van der Waals surface area contributed by atoms with E-state index in [0.717, 1.165) is 22.0 Å². The van der Waals surface area contributed by atoms with Crippen molar-refractivity contribution in [3.05, 3.63) is 82.3 Å². The van der Waals surface area contributed by atoms with Gasteiger partial charge in [-0.05, 0) is 30.7 Å². The Morgan fingerprint density at radius 3 is 2.76 bits per heavy atom. The molecule has 4 aromatic rings. The lowest BCUT2D eigenvalue weighted by Crippen LogP contribution is -2.22. The summed E-state index contributed by atoms with van der Waals surface area (Å²) in [5, 5.41) is 12.1. The predicted molar refractivity (Wildman–Crippen MR) is 126 cm³/mol. The summed E-state index contributed by atoms with van der Waals surface area (Å²) in [7, 11) is 0. The number of hydrogen-bond acceptors (Lipinski definition) is 7. The summed E-state index contributed by atoms with van der Waals surface area (Å²) in [6.07, 6.45) is 1.82. The van der Waals surface area contributed by atoms with Crippen LogP contribution in [0, 0.1) is 0 Å². The Bertz CT molecular complexity index is 1240. The van der Waals surface area contributed by atoms with Crippen molar-refractivity contribution in [2.75, 3.05) is 13.4 Å². The van der Waals surface area contributed by atoms with Gasteiger partial charge in [0, 0.05) is 34.3 Å². The summed E-state index contributed by atoms with van der Waals surface area (Å²) in [6.45, 7) is 2.68. The van der Waals surface area contributed by atoms with E-state index in [1.165, 1.54) is 0 Å². The van der Waals surface area contributed by atoms with E-state index >= 15 is 0 Å². The van der Waals surface area contributed by atoms with E-state index in [1.807, 2.05) is 61.7 Å². The zero-order valence-corrected chi connectivity index (χ0v) is 18.8. The van der Waals surface area contributed by atoms with Crippen molar-refractivity contribution in [1.29, 1.82) is 0 Å². The maximum atomic E-state index is 6.58. The first-order valence-corrected chi connectivity index (χ1v) is 10.8. The Labute approximate surface area is 195 Å². The normalized spacial score (nSPS) is 13.1. The zero-order valence-electron chi connectivity index (χ0n) is 18.0. The Hall–Kier alpha value is -3.53. The summed E-state index contributed by atoms with van der Waals surface area (Å²) in [4.78, 5) is 3.22. The quantitative estimate of drug-likeness (QED) is 0.157. The van der Waals surface area contributed by atoms with Crippen LogP contribution in [0.2, 0.25) is 5.02 Å². The highest BCUT2D eigenvalue weighted by Crippen LogP contribution is 2.33. The van der Waals surface area contributed by atoms with Crippen molar-refractivity contribution in [2.45, 2.75) is 19.6 Å². The van der Waals surface area contributed by atoms with Crippen molar-refractivity contribution in [3.63, 3.8) is 0 Å². The van der Waals surface area contributed by atoms with E-state index in [0.29, 0.717) is 29.7 Å². The molecular formula is C23H25ClN6O3. The molecule has 9 nitrogen and oxygen atoms in total. The summed E-state index contributed by atoms with van der Waals surface area (Å²) < 4.78 is 17.0. The van der Waals surface area contributed by atoms with Crippen LogP contribution in [0.4, 0.5) is 0 Å². The van der Waals surface area contributed by atoms with Crippen molar-refractivity contribution in [3.8, 4) is 5.88 Å². The van der Waals surface area contributed by atoms with E-state index in [9.17, 15) is 0 Å². The topological polar surface area (TPSA) is 137 Å². The number of nitrogens with one attached hydrogen (secondary N) is 2. The highest BCUT2D eigenvalue weighted by molar-refractivity contribution is 6.31. The Morgan fingerprint density at radius 2 is 1.97 bits per heavy atom. The number of hydrogen-bond donors (Lipinski definition) is 4. The van der Waals surface area contributed by atoms with Crippen molar-refractivity contribution < 1.29 is 14.2 Å². The van der Waals surface area contributed by atoms with E-state index in [-0.39, 0.29) is 18.4 Å². The average molecular weight is 469 g/mol. The van der Waals surface area contributed by atoms with Crippen LogP contribution in [0.5, 0.6) is 5.88 Å². The lowest BCUT2D eigenvalue weighted by molar-refractivity contribution is 0.0189. The molecule has 33 heavy (non-hydrogen) atoms. The maximum absolute atomic E-state index is 6.58. The third kappa shape index (κ3) is 5.11. The molecule has 6 N–H and O–H groups in total. The molecule has 0 aliphatic rings. The molecule has 2 aromatic carbocycles. The van der Waals surface area contributed by atoms with E-state index < -0.39 is 6.04 Å². The SMILES string of the molecule is CCOCOc1n[nH]nc1C(N)C(N)=C(OCc1ccccc1)c1c[nH]c2ccc(Cl)cc12. The average Bonchev–Trinajstić information content (AvgIpc) is 3.46. The molecule has 0 saturated carbocycles. The minimum absolute atomic E-state index is 0.0185. The number of nitrogens with two attached hydrogens (primary N) is 2. The molecule has 0 radical (unpaired) electrons. The summed E-state index contributed by atoms with van der Waals surface area (Å²) in [5.74, 6) is 0.627. The Morgan fingerprint density at radius 1 is 1.15 bits per heavy atom. The summed E-state index contributed by atoms with van der Waals surface area (Å²) in [6, 6.07) is 14.5. The second-order valence-electron chi connectivity index (χ2n) is 7.20. The van der Waals surface area contributed by atoms with E-state index in [2.05, 4.69) is 20.4 Å². The molecule has 0 amide bonds. The zero-order chi connectivity index (χ0) is 23.2. The van der Waals surface area contributed by atoms with Gasteiger partial charge in [0.2, 0.25) is 0 Å². The fraction of sp³-hybridized carbons (Fsp3) is 0.217. The Kier molecular flexibility index (Phi) is 7.13. The number of nitrogens with zero attached hydrogens (tertiary/aromatic N) is 2. The first kappa shape index (κ1) is 22.7. The molecule has 1 unspecified atom stereocenters. The van der Waals surface area contributed by atoms with Gasteiger partial charge in [0.05, 0.1) is 11.7 Å². The van der Waals surface area contributed by atoms with Gasteiger partial charge in [0.15, 0.2) is 6.79 Å². The lowest BCUT2D eigenvalue weighted by Gasteiger charge is -2.18. The monoisotopic (exact) mass is 468 g/mol. The van der Waals surface area contributed by atoms with Crippen LogP contribution in [-0.2, 0) is 16.1 Å². The molecule has 10 heteroatoms. The largest absolute Gasteiger partial charge is 0.486 e. The van der Waals surface area contributed by atoms with Gasteiger partial charge in [-0.3, -0.25) is 0 Å². The van der Waals surface area contributed by atoms with Gasteiger partial charge in [0.1, 0.15) is 18.1 Å². The molecule has 0 saturated heterocycles. The number of aromatic nitrogens is 4. The molecule has 172 valence electrons. The molecule has 0 spiro atoms. The minimum Gasteiger partial charge on any atom is -0.486 e. The van der Waals surface area contributed by atoms with Gasteiger partial charge >= 0.3 is 0 Å². The van der Waals surface area contributed by atoms with Crippen molar-refractivity contribution >= 4 is 28.3 Å². The van der Waals surface area contributed by atoms with Gasteiger partial charge in [-0.15, -0.1) is 5.10 Å². The van der Waals surface area contributed by atoms with Crippen LogP contribution in [0.25, 0.3) is 16.7 Å². The maximum Gasteiger partial charge on any atom is 0.260 e.